The van der Waals surface area contributed by atoms with Gasteiger partial charge in [0.25, 0.3) is 0 Å². The summed E-state index contributed by atoms with van der Waals surface area (Å²) in [6.45, 7) is 12.2. The van der Waals surface area contributed by atoms with Gasteiger partial charge in [-0.25, -0.2) is 4.79 Å². The van der Waals surface area contributed by atoms with E-state index in [1.165, 1.54) is 10.5 Å². The van der Waals surface area contributed by atoms with Crippen LogP contribution in [0.2, 0.25) is 0 Å². The molecule has 0 aliphatic heterocycles. The van der Waals surface area contributed by atoms with Gasteiger partial charge >= 0.3 is 6.09 Å². The van der Waals surface area contributed by atoms with Crippen molar-refractivity contribution in [1.82, 2.24) is 4.90 Å². The molecule has 1 amide bonds. The van der Waals surface area contributed by atoms with Crippen LogP contribution in [0.5, 0.6) is 5.75 Å². The minimum absolute atomic E-state index is 0. The first-order valence-electron chi connectivity index (χ1n) is 8.94. The fourth-order valence-electron chi connectivity index (χ4n) is 3.35. The van der Waals surface area contributed by atoms with Crippen LogP contribution in [0.15, 0.2) is 18.2 Å². The minimum Gasteiger partial charge on any atom is -1.00 e. The quantitative estimate of drug-likeness (QED) is 0.667. The van der Waals surface area contributed by atoms with Crippen LogP contribution >= 0.6 is 0 Å². The summed E-state index contributed by atoms with van der Waals surface area (Å²) in [5.74, 6) is 0.655. The molecule has 1 rings (SSSR count). The number of carbonyl (C=O) groups excluding carboxylic acids is 1. The van der Waals surface area contributed by atoms with Crippen LogP contribution in [-0.2, 0) is 12.0 Å². The predicted molar refractivity (Wildman–Crippen MR) is 105 cm³/mol. The highest BCUT2D eigenvalue weighted by Crippen LogP contribution is 2.38. The zero-order chi connectivity index (χ0) is 19.6. The van der Waals surface area contributed by atoms with E-state index in [4.69, 9.17) is 4.74 Å². The van der Waals surface area contributed by atoms with Crippen molar-refractivity contribution in [3.05, 3.63) is 29.3 Å². The first kappa shape index (κ1) is 24.9. The zero-order valence-electron chi connectivity index (χ0n) is 18.2. The second-order valence-electron chi connectivity index (χ2n) is 10.2. The number of amides is 1. The van der Waals surface area contributed by atoms with Gasteiger partial charge in [0.2, 0.25) is 0 Å². The largest absolute Gasteiger partial charge is 1.00 e. The number of carbonyl (C=O) groups is 1. The van der Waals surface area contributed by atoms with Crippen molar-refractivity contribution >= 4 is 6.09 Å². The Morgan fingerprint density at radius 3 is 2.04 bits per heavy atom. The summed E-state index contributed by atoms with van der Waals surface area (Å²) >= 11 is 0. The van der Waals surface area contributed by atoms with Gasteiger partial charge < -0.3 is 31.1 Å². The molecular weight excluding hydrogens is 392 g/mol. The number of quaternary nitrogens is 1. The van der Waals surface area contributed by atoms with Gasteiger partial charge in [-0.1, -0.05) is 40.7 Å². The van der Waals surface area contributed by atoms with Crippen molar-refractivity contribution in [3.63, 3.8) is 0 Å². The van der Waals surface area contributed by atoms with Crippen LogP contribution in [0.25, 0.3) is 0 Å². The fraction of sp³-hybridized carbons (Fsp3) is 0.667. The Morgan fingerprint density at radius 2 is 1.62 bits per heavy atom. The van der Waals surface area contributed by atoms with Gasteiger partial charge in [-0.3, -0.25) is 0 Å². The van der Waals surface area contributed by atoms with Crippen molar-refractivity contribution in [2.45, 2.75) is 53.0 Å². The van der Waals surface area contributed by atoms with Crippen LogP contribution in [0.4, 0.5) is 4.79 Å². The summed E-state index contributed by atoms with van der Waals surface area (Å²) in [6, 6.07) is 6.27. The number of hydrogen-bond acceptors (Lipinski definition) is 2. The molecule has 0 radical (unpaired) electrons. The van der Waals surface area contributed by atoms with Crippen LogP contribution in [0.3, 0.4) is 0 Å². The van der Waals surface area contributed by atoms with Gasteiger partial charge in [0.1, 0.15) is 12.3 Å². The lowest BCUT2D eigenvalue weighted by atomic mass is 9.72. The Kier molecular flexibility index (Phi) is 8.39. The molecule has 26 heavy (non-hydrogen) atoms. The first-order chi connectivity index (χ1) is 11.1. The highest BCUT2D eigenvalue weighted by atomic mass is 79.9. The number of rotatable bonds is 5. The van der Waals surface area contributed by atoms with Crippen molar-refractivity contribution < 1.29 is 31.0 Å². The van der Waals surface area contributed by atoms with E-state index in [1.807, 2.05) is 6.07 Å². The summed E-state index contributed by atoms with van der Waals surface area (Å²) in [6.07, 6.45) is 0.741. The van der Waals surface area contributed by atoms with Gasteiger partial charge in [0.05, 0.1) is 21.1 Å². The van der Waals surface area contributed by atoms with E-state index in [1.54, 1.807) is 14.1 Å². The average Bonchev–Trinajstić information content (AvgIpc) is 2.35. The molecule has 0 unspecified atom stereocenters. The third-order valence-electron chi connectivity index (χ3n) is 4.02. The van der Waals surface area contributed by atoms with E-state index < -0.39 is 0 Å². The predicted octanol–water partition coefficient (Wildman–Crippen LogP) is 1.67. The minimum atomic E-state index is -0.343. The van der Waals surface area contributed by atoms with Crippen molar-refractivity contribution in [1.29, 1.82) is 0 Å². The Bertz CT molecular complexity index is 611. The van der Waals surface area contributed by atoms with E-state index in [0.29, 0.717) is 5.75 Å². The molecule has 0 aliphatic carbocycles. The number of hydrogen-bond donors (Lipinski definition) is 0. The summed E-state index contributed by atoms with van der Waals surface area (Å²) in [5, 5.41) is 0. The summed E-state index contributed by atoms with van der Waals surface area (Å²) in [4.78, 5) is 13.4. The van der Waals surface area contributed by atoms with Gasteiger partial charge in [0.15, 0.2) is 0 Å². The SMILES string of the molecule is CN(C)C(=O)Oc1ccc(C(C)(C)CC(C)(C)C)cc1C[N+](C)(C)C.[Br-]. The summed E-state index contributed by atoms with van der Waals surface area (Å²) in [5.41, 5.74) is 2.67. The molecule has 0 spiro atoms. The van der Waals surface area contributed by atoms with E-state index in [9.17, 15) is 4.79 Å². The van der Waals surface area contributed by atoms with E-state index >= 15 is 0 Å². The molecular formula is C21H37BrN2O2. The van der Waals surface area contributed by atoms with Gasteiger partial charge in [-0.05, 0) is 34.9 Å². The van der Waals surface area contributed by atoms with Crippen LogP contribution in [0.1, 0.15) is 52.2 Å². The highest BCUT2D eigenvalue weighted by Gasteiger charge is 2.29. The maximum atomic E-state index is 12.0. The second kappa shape index (κ2) is 8.75. The van der Waals surface area contributed by atoms with Gasteiger partial charge in [-0.15, -0.1) is 0 Å². The molecule has 150 valence electrons. The molecule has 1 aromatic carbocycles. The topological polar surface area (TPSA) is 29.5 Å². The smallest absolute Gasteiger partial charge is 0.414 e. The zero-order valence-corrected chi connectivity index (χ0v) is 19.8. The maximum Gasteiger partial charge on any atom is 0.414 e. The van der Waals surface area contributed by atoms with E-state index in [2.05, 4.69) is 67.9 Å². The standard InChI is InChI=1S/C21H37N2O2.BrH/c1-20(2,3)15-21(4,5)17-11-12-18(25-19(24)22(6)7)16(13-17)14-23(8,9)10;/h11-13H,14-15H2,1-10H3;1H/q+1;/p-1. The molecule has 0 aliphatic rings. The van der Waals surface area contributed by atoms with Crippen LogP contribution in [-0.4, -0.2) is 50.7 Å². The molecule has 0 aromatic heterocycles. The van der Waals surface area contributed by atoms with Crippen molar-refractivity contribution in [2.24, 2.45) is 5.41 Å². The molecule has 0 N–H and O–H groups in total. The Balaban J connectivity index is 0.00000625. The molecule has 0 saturated carbocycles. The van der Waals surface area contributed by atoms with E-state index in [0.717, 1.165) is 23.0 Å². The van der Waals surface area contributed by atoms with Crippen molar-refractivity contribution in [3.8, 4) is 5.75 Å². The van der Waals surface area contributed by atoms with E-state index in [-0.39, 0.29) is 33.9 Å². The molecule has 0 bridgehead atoms. The molecule has 0 fully saturated rings. The molecule has 0 atom stereocenters. The molecule has 4 nitrogen and oxygen atoms in total. The van der Waals surface area contributed by atoms with Crippen molar-refractivity contribution in [2.75, 3.05) is 35.2 Å². The third kappa shape index (κ3) is 8.09. The number of halogens is 1. The lowest BCUT2D eigenvalue weighted by Crippen LogP contribution is -3.00. The molecule has 0 saturated heterocycles. The first-order valence-corrected chi connectivity index (χ1v) is 8.94. The normalized spacial score (nSPS) is 12.4. The summed E-state index contributed by atoms with van der Waals surface area (Å²) < 4.78 is 6.37. The van der Waals surface area contributed by atoms with Crippen LogP contribution in [0, 0.1) is 5.41 Å². The Hall–Kier alpha value is -1.07. The summed E-state index contributed by atoms with van der Waals surface area (Å²) in [7, 11) is 9.82. The third-order valence-corrected chi connectivity index (χ3v) is 4.02. The highest BCUT2D eigenvalue weighted by molar-refractivity contribution is 5.70. The molecule has 5 heteroatoms. The van der Waals surface area contributed by atoms with Gasteiger partial charge in [0, 0.05) is 19.7 Å². The number of ether oxygens (including phenoxy) is 1. The molecule has 1 aromatic rings. The Morgan fingerprint density at radius 1 is 1.08 bits per heavy atom. The van der Waals surface area contributed by atoms with Gasteiger partial charge in [-0.2, -0.15) is 0 Å². The lowest BCUT2D eigenvalue weighted by molar-refractivity contribution is -0.884. The monoisotopic (exact) mass is 428 g/mol. The maximum absolute atomic E-state index is 12.0. The Labute approximate surface area is 170 Å². The average molecular weight is 429 g/mol. The molecule has 0 heterocycles. The second-order valence-corrected chi connectivity index (χ2v) is 10.2. The number of nitrogens with zero attached hydrogens (tertiary/aromatic N) is 2. The number of benzene rings is 1. The fourth-order valence-corrected chi connectivity index (χ4v) is 3.35. The lowest BCUT2D eigenvalue weighted by Gasteiger charge is -2.34. The van der Waals surface area contributed by atoms with Crippen LogP contribution < -0.4 is 21.7 Å².